The van der Waals surface area contributed by atoms with E-state index in [1.807, 2.05) is 6.07 Å². The minimum Gasteiger partial charge on any atom is -0.378 e. The molecule has 2 heterocycles. The molecule has 1 aromatic carbocycles. The van der Waals surface area contributed by atoms with Crippen LogP contribution in [0.25, 0.3) is 10.2 Å². The minimum absolute atomic E-state index is 0. The third-order valence-electron chi connectivity index (χ3n) is 2.56. The Morgan fingerprint density at radius 2 is 1.94 bits per heavy atom. The molecule has 0 unspecified atom stereocenters. The van der Waals surface area contributed by atoms with Crippen LogP contribution in [0.15, 0.2) is 24.3 Å². The Morgan fingerprint density at radius 3 is 2.69 bits per heavy atom. The molecule has 2 aromatic rings. The first-order chi connectivity index (χ1) is 7.43. The maximum absolute atomic E-state index is 5.33. The third kappa shape index (κ3) is 2.16. The van der Waals surface area contributed by atoms with Gasteiger partial charge < -0.3 is 9.64 Å². The average Bonchev–Trinajstić information content (AvgIpc) is 2.74. The van der Waals surface area contributed by atoms with Crippen LogP contribution in [0, 0.1) is 0 Å². The first-order valence-electron chi connectivity index (χ1n) is 5.12. The molecule has 0 amide bonds. The second-order valence-corrected chi connectivity index (χ2v) is 4.57. The number of hydrogen-bond donors (Lipinski definition) is 0. The van der Waals surface area contributed by atoms with Crippen LogP contribution < -0.4 is 4.90 Å². The van der Waals surface area contributed by atoms with Crippen LogP contribution in [-0.2, 0) is 4.74 Å². The van der Waals surface area contributed by atoms with Crippen LogP contribution in [0.4, 0.5) is 5.13 Å². The number of fused-ring (bicyclic) bond motifs is 1. The molecule has 1 aromatic heterocycles. The van der Waals surface area contributed by atoms with Gasteiger partial charge in [0.05, 0.1) is 23.4 Å². The number of ether oxygens (including phenoxy) is 1. The number of rotatable bonds is 1. The first kappa shape index (κ1) is 11.7. The van der Waals surface area contributed by atoms with E-state index >= 15 is 0 Å². The molecule has 86 valence electrons. The minimum atomic E-state index is 0. The van der Waals surface area contributed by atoms with Crippen molar-refractivity contribution in [1.29, 1.82) is 0 Å². The number of nitrogens with zero attached hydrogens (tertiary/aromatic N) is 2. The maximum Gasteiger partial charge on any atom is 0.186 e. The van der Waals surface area contributed by atoms with Crippen molar-refractivity contribution in [2.24, 2.45) is 0 Å². The van der Waals surface area contributed by atoms with Crippen molar-refractivity contribution in [3.8, 4) is 0 Å². The number of morpholine rings is 1. The van der Waals surface area contributed by atoms with Gasteiger partial charge in [0.2, 0.25) is 0 Å². The molecular weight excluding hydrogens is 240 g/mol. The molecule has 1 saturated heterocycles. The topological polar surface area (TPSA) is 25.4 Å². The van der Waals surface area contributed by atoms with Gasteiger partial charge in [-0.15, -0.1) is 0 Å². The van der Waals surface area contributed by atoms with Crippen LogP contribution in [0.3, 0.4) is 0 Å². The molecule has 3 nitrogen and oxygen atoms in total. The summed E-state index contributed by atoms with van der Waals surface area (Å²) in [5.74, 6) is 0. The lowest BCUT2D eigenvalue weighted by atomic mass is 10.3. The molecule has 0 radical (unpaired) electrons. The summed E-state index contributed by atoms with van der Waals surface area (Å²) in [6, 6.07) is 8.28. The van der Waals surface area contributed by atoms with Crippen LogP contribution in [0.2, 0.25) is 0 Å². The maximum atomic E-state index is 5.33. The van der Waals surface area contributed by atoms with E-state index < -0.39 is 0 Å². The highest BCUT2D eigenvalue weighted by atomic mass is 32.1. The summed E-state index contributed by atoms with van der Waals surface area (Å²) in [5.41, 5.74) is 1.10. The van der Waals surface area contributed by atoms with Gasteiger partial charge in [-0.3, -0.25) is 0 Å². The standard InChI is InChI=1S/C11H12N2OS.H2S/c1-2-4-10-9(3-1)12-11(15-10)13-5-7-14-8-6-13;/h1-4H,5-8H2;1H2. The highest BCUT2D eigenvalue weighted by molar-refractivity contribution is 7.59. The summed E-state index contributed by atoms with van der Waals surface area (Å²) in [5, 5.41) is 1.12. The Labute approximate surface area is 105 Å². The van der Waals surface area contributed by atoms with Gasteiger partial charge in [-0.1, -0.05) is 23.5 Å². The Hall–Kier alpha value is -0.780. The monoisotopic (exact) mass is 254 g/mol. The molecule has 3 rings (SSSR count). The highest BCUT2D eigenvalue weighted by Crippen LogP contribution is 2.28. The molecule has 0 N–H and O–H groups in total. The van der Waals surface area contributed by atoms with Crippen molar-refractivity contribution in [2.45, 2.75) is 0 Å². The van der Waals surface area contributed by atoms with Gasteiger partial charge in [0.1, 0.15) is 0 Å². The third-order valence-corrected chi connectivity index (χ3v) is 3.66. The molecule has 0 spiro atoms. The van der Waals surface area contributed by atoms with E-state index in [4.69, 9.17) is 4.74 Å². The summed E-state index contributed by atoms with van der Waals surface area (Å²) in [6.07, 6.45) is 0. The van der Waals surface area contributed by atoms with Gasteiger partial charge >= 0.3 is 0 Å². The average molecular weight is 254 g/mol. The molecule has 16 heavy (non-hydrogen) atoms. The molecule has 1 aliphatic heterocycles. The fourth-order valence-corrected chi connectivity index (χ4v) is 2.77. The predicted octanol–water partition coefficient (Wildman–Crippen LogP) is 2.25. The summed E-state index contributed by atoms with van der Waals surface area (Å²) >= 11 is 1.76. The predicted molar refractivity (Wildman–Crippen MR) is 73.0 cm³/mol. The number of thiazole rings is 1. The van der Waals surface area contributed by atoms with E-state index in [0.717, 1.165) is 37.0 Å². The van der Waals surface area contributed by atoms with Gasteiger partial charge in [0.15, 0.2) is 5.13 Å². The lowest BCUT2D eigenvalue weighted by Crippen LogP contribution is -2.36. The SMILES string of the molecule is S.c1ccc2sc(N3CCOCC3)nc2c1. The molecule has 0 bridgehead atoms. The van der Waals surface area contributed by atoms with Crippen LogP contribution in [0.1, 0.15) is 0 Å². The molecule has 1 fully saturated rings. The molecular formula is C11H14N2OS2. The van der Waals surface area contributed by atoms with E-state index in [2.05, 4.69) is 28.1 Å². The molecule has 0 atom stereocenters. The number of anilines is 1. The van der Waals surface area contributed by atoms with Gasteiger partial charge in [-0.25, -0.2) is 4.98 Å². The number of hydrogen-bond acceptors (Lipinski definition) is 4. The second kappa shape index (κ2) is 5.03. The Bertz CT molecular complexity index is 433. The van der Waals surface area contributed by atoms with Crippen molar-refractivity contribution in [1.82, 2.24) is 4.98 Å². The van der Waals surface area contributed by atoms with Crippen molar-refractivity contribution in [2.75, 3.05) is 31.2 Å². The second-order valence-electron chi connectivity index (χ2n) is 3.56. The van der Waals surface area contributed by atoms with Crippen molar-refractivity contribution >= 4 is 40.2 Å². The zero-order chi connectivity index (χ0) is 10.1. The fraction of sp³-hybridized carbons (Fsp3) is 0.364. The summed E-state index contributed by atoms with van der Waals surface area (Å²) in [6.45, 7) is 3.55. The largest absolute Gasteiger partial charge is 0.378 e. The zero-order valence-corrected chi connectivity index (χ0v) is 10.7. The summed E-state index contributed by atoms with van der Waals surface area (Å²) in [7, 11) is 0. The van der Waals surface area contributed by atoms with Gasteiger partial charge in [-0.05, 0) is 12.1 Å². The van der Waals surface area contributed by atoms with E-state index in [0.29, 0.717) is 0 Å². The number of benzene rings is 1. The Morgan fingerprint density at radius 1 is 1.19 bits per heavy atom. The summed E-state index contributed by atoms with van der Waals surface area (Å²) < 4.78 is 6.59. The lowest BCUT2D eigenvalue weighted by molar-refractivity contribution is 0.122. The molecule has 5 heteroatoms. The molecule has 1 aliphatic rings. The number of para-hydroxylation sites is 1. The van der Waals surface area contributed by atoms with Gasteiger partial charge in [0, 0.05) is 13.1 Å². The Kier molecular flexibility index (Phi) is 3.68. The van der Waals surface area contributed by atoms with E-state index in [1.54, 1.807) is 11.3 Å². The van der Waals surface area contributed by atoms with E-state index in [-0.39, 0.29) is 13.5 Å². The van der Waals surface area contributed by atoms with Crippen molar-refractivity contribution in [3.05, 3.63) is 24.3 Å². The Balaban J connectivity index is 0.000000963. The zero-order valence-electron chi connectivity index (χ0n) is 8.85. The van der Waals surface area contributed by atoms with Gasteiger partial charge in [-0.2, -0.15) is 13.5 Å². The molecule has 0 saturated carbocycles. The first-order valence-corrected chi connectivity index (χ1v) is 5.93. The van der Waals surface area contributed by atoms with Crippen LogP contribution >= 0.6 is 24.8 Å². The lowest BCUT2D eigenvalue weighted by Gasteiger charge is -2.25. The van der Waals surface area contributed by atoms with Crippen molar-refractivity contribution < 1.29 is 4.74 Å². The van der Waals surface area contributed by atoms with Crippen molar-refractivity contribution in [3.63, 3.8) is 0 Å². The van der Waals surface area contributed by atoms with Gasteiger partial charge in [0.25, 0.3) is 0 Å². The van der Waals surface area contributed by atoms with E-state index in [1.165, 1.54) is 4.70 Å². The quantitative estimate of drug-likeness (QED) is 0.780. The fourth-order valence-electron chi connectivity index (χ4n) is 1.75. The normalized spacial score (nSPS) is 16.1. The van der Waals surface area contributed by atoms with Crippen LogP contribution in [0.5, 0.6) is 0 Å². The summed E-state index contributed by atoms with van der Waals surface area (Å²) in [4.78, 5) is 6.93. The number of aromatic nitrogens is 1. The molecule has 0 aliphatic carbocycles. The smallest absolute Gasteiger partial charge is 0.186 e. The van der Waals surface area contributed by atoms with E-state index in [9.17, 15) is 0 Å². The van der Waals surface area contributed by atoms with Crippen LogP contribution in [-0.4, -0.2) is 31.3 Å². The highest BCUT2D eigenvalue weighted by Gasteiger charge is 2.14.